The van der Waals surface area contributed by atoms with E-state index in [4.69, 9.17) is 0 Å². The number of aromatic nitrogens is 3. The molecule has 1 fully saturated rings. The molecule has 4 nitrogen and oxygen atoms in total. The van der Waals surface area contributed by atoms with Crippen LogP contribution in [0.25, 0.3) is 16.6 Å². The molecule has 1 aliphatic rings. The lowest BCUT2D eigenvalue weighted by molar-refractivity contribution is 0.670. The zero-order valence-corrected chi connectivity index (χ0v) is 12.8. The van der Waals surface area contributed by atoms with E-state index in [1.807, 2.05) is 13.0 Å². The van der Waals surface area contributed by atoms with E-state index in [-0.39, 0.29) is 0 Å². The van der Waals surface area contributed by atoms with Crippen LogP contribution >= 0.6 is 0 Å². The summed E-state index contributed by atoms with van der Waals surface area (Å²) in [5.41, 5.74) is 2.00. The number of hydrogen-bond acceptors (Lipinski definition) is 3. The molecule has 2 aromatic rings. The summed E-state index contributed by atoms with van der Waals surface area (Å²) < 4.78 is 14.2. The number of anilines is 1. The Morgan fingerprint density at radius 2 is 2.23 bits per heavy atom. The number of rotatable bonds is 5. The number of aromatic amines is 1. The Bertz CT molecular complexity index is 781. The highest BCUT2D eigenvalue weighted by atomic mass is 19.1. The summed E-state index contributed by atoms with van der Waals surface area (Å²) in [4.78, 5) is 12.2. The zero-order chi connectivity index (χ0) is 15.7. The van der Waals surface area contributed by atoms with Crippen LogP contribution < -0.4 is 5.32 Å². The molecule has 2 N–H and O–H groups in total. The summed E-state index contributed by atoms with van der Waals surface area (Å²) in [5, 5.41) is 4.33. The van der Waals surface area contributed by atoms with Gasteiger partial charge in [0.2, 0.25) is 0 Å². The fourth-order valence-electron chi connectivity index (χ4n) is 2.32. The number of allylic oxidation sites excluding steroid dienone is 5. The minimum Gasteiger partial charge on any atom is -0.367 e. The van der Waals surface area contributed by atoms with E-state index in [1.54, 1.807) is 13.0 Å². The molecule has 22 heavy (non-hydrogen) atoms. The molecule has 3 rings (SSSR count). The van der Waals surface area contributed by atoms with Crippen molar-refractivity contribution in [2.45, 2.75) is 32.7 Å². The second kappa shape index (κ2) is 5.75. The van der Waals surface area contributed by atoms with Gasteiger partial charge in [0.1, 0.15) is 17.3 Å². The first kappa shape index (κ1) is 14.5. The van der Waals surface area contributed by atoms with Gasteiger partial charge in [0.15, 0.2) is 5.82 Å². The first-order valence-corrected chi connectivity index (χ1v) is 7.41. The van der Waals surface area contributed by atoms with Crippen LogP contribution in [0.1, 0.15) is 31.3 Å². The number of nitrogens with one attached hydrogen (secondary N) is 2. The van der Waals surface area contributed by atoms with Crippen LogP contribution in [0.4, 0.5) is 10.2 Å². The molecule has 0 unspecified atom stereocenters. The van der Waals surface area contributed by atoms with Crippen molar-refractivity contribution in [3.63, 3.8) is 0 Å². The average Bonchev–Trinajstić information content (AvgIpc) is 3.20. The van der Waals surface area contributed by atoms with Crippen LogP contribution in [-0.2, 0) is 0 Å². The van der Waals surface area contributed by atoms with Gasteiger partial charge in [0.05, 0.1) is 11.0 Å². The lowest BCUT2D eigenvalue weighted by Crippen LogP contribution is -2.06. The second-order valence-electron chi connectivity index (χ2n) is 5.49. The summed E-state index contributed by atoms with van der Waals surface area (Å²) in [6.45, 7) is 7.41. The molecular weight excluding hydrogens is 279 g/mol. The quantitative estimate of drug-likeness (QED) is 0.810. The van der Waals surface area contributed by atoms with Crippen LogP contribution in [0.15, 0.2) is 36.7 Å². The number of halogens is 1. The van der Waals surface area contributed by atoms with Crippen LogP contribution in [0.2, 0.25) is 0 Å². The van der Waals surface area contributed by atoms with Gasteiger partial charge >= 0.3 is 0 Å². The fourth-order valence-corrected chi connectivity index (χ4v) is 2.32. The number of H-pyrrole nitrogens is 1. The van der Waals surface area contributed by atoms with Crippen molar-refractivity contribution in [2.24, 2.45) is 0 Å². The van der Waals surface area contributed by atoms with E-state index in [9.17, 15) is 4.39 Å². The lowest BCUT2D eigenvalue weighted by atomic mass is 10.2. The molecule has 0 saturated heterocycles. The molecule has 0 spiro atoms. The Kier molecular flexibility index (Phi) is 3.79. The predicted octanol–water partition coefficient (Wildman–Crippen LogP) is 4.28. The van der Waals surface area contributed by atoms with Gasteiger partial charge in [0.25, 0.3) is 0 Å². The Morgan fingerprint density at radius 3 is 2.86 bits per heavy atom. The van der Waals surface area contributed by atoms with E-state index >= 15 is 0 Å². The Hall–Kier alpha value is -2.43. The molecule has 0 bridgehead atoms. The molecular formula is C17H19FN4. The third-order valence-corrected chi connectivity index (χ3v) is 3.56. The summed E-state index contributed by atoms with van der Waals surface area (Å²) in [6, 6.07) is 2.46. The van der Waals surface area contributed by atoms with Gasteiger partial charge in [0, 0.05) is 11.7 Å². The fraction of sp³-hybridized carbons (Fsp3) is 0.294. The number of fused-ring (bicyclic) bond motifs is 1. The standard InChI is InChI=1S/C17H19FN4/c1-4-6-14(18)12(5-2)15-21-16-13(9-10(3)19-16)17(22-15)20-11-7-8-11/h4-6,9,11H,2,7-8H2,1,3H3,(H2,19,20,21,22)/b6-4-,14-12-. The van der Waals surface area contributed by atoms with Crippen molar-refractivity contribution in [3.8, 4) is 0 Å². The number of hydrogen-bond donors (Lipinski definition) is 2. The maximum atomic E-state index is 14.2. The second-order valence-corrected chi connectivity index (χ2v) is 5.49. The molecule has 5 heteroatoms. The van der Waals surface area contributed by atoms with Crippen molar-refractivity contribution in [3.05, 3.63) is 48.2 Å². The highest BCUT2D eigenvalue weighted by Crippen LogP contribution is 2.30. The van der Waals surface area contributed by atoms with Crippen molar-refractivity contribution < 1.29 is 4.39 Å². The summed E-state index contributed by atoms with van der Waals surface area (Å²) >= 11 is 0. The first-order chi connectivity index (χ1) is 10.6. The van der Waals surface area contributed by atoms with E-state index in [0.717, 1.165) is 29.7 Å². The van der Waals surface area contributed by atoms with Crippen molar-refractivity contribution in [1.29, 1.82) is 0 Å². The van der Waals surface area contributed by atoms with Crippen molar-refractivity contribution in [1.82, 2.24) is 15.0 Å². The van der Waals surface area contributed by atoms with Gasteiger partial charge in [-0.05, 0) is 38.8 Å². The molecule has 2 aromatic heterocycles. The van der Waals surface area contributed by atoms with Crippen LogP contribution in [0, 0.1) is 6.92 Å². The topological polar surface area (TPSA) is 53.6 Å². The number of aryl methyl sites for hydroxylation is 1. The van der Waals surface area contributed by atoms with Crippen molar-refractivity contribution >= 4 is 22.4 Å². The van der Waals surface area contributed by atoms with E-state index in [2.05, 4.69) is 26.8 Å². The molecule has 1 saturated carbocycles. The monoisotopic (exact) mass is 298 g/mol. The molecule has 0 radical (unpaired) electrons. The summed E-state index contributed by atoms with van der Waals surface area (Å²) in [7, 11) is 0. The lowest BCUT2D eigenvalue weighted by Gasteiger charge is -2.08. The first-order valence-electron chi connectivity index (χ1n) is 7.41. The third-order valence-electron chi connectivity index (χ3n) is 3.56. The summed E-state index contributed by atoms with van der Waals surface area (Å²) in [5.74, 6) is 0.695. The van der Waals surface area contributed by atoms with Gasteiger partial charge in [-0.1, -0.05) is 18.7 Å². The highest BCUT2D eigenvalue weighted by Gasteiger charge is 2.23. The van der Waals surface area contributed by atoms with E-state index in [1.165, 1.54) is 12.2 Å². The maximum absolute atomic E-state index is 14.2. The average molecular weight is 298 g/mol. The molecule has 1 aliphatic carbocycles. The molecule has 0 atom stereocenters. The minimum atomic E-state index is -0.391. The zero-order valence-electron chi connectivity index (χ0n) is 12.8. The number of nitrogens with zero attached hydrogens (tertiary/aromatic N) is 2. The largest absolute Gasteiger partial charge is 0.367 e. The van der Waals surface area contributed by atoms with Crippen LogP contribution in [0.5, 0.6) is 0 Å². The van der Waals surface area contributed by atoms with E-state index < -0.39 is 5.83 Å². The third kappa shape index (κ3) is 2.79. The van der Waals surface area contributed by atoms with Gasteiger partial charge in [-0.3, -0.25) is 0 Å². The predicted molar refractivity (Wildman–Crippen MR) is 88.3 cm³/mol. The molecule has 0 aromatic carbocycles. The Morgan fingerprint density at radius 1 is 1.45 bits per heavy atom. The van der Waals surface area contributed by atoms with E-state index in [0.29, 0.717) is 23.1 Å². The maximum Gasteiger partial charge on any atom is 0.166 e. The molecule has 114 valence electrons. The SMILES string of the molecule is C=C/C(=C(F)\C=C/C)c1nc(NC2CC2)c2cc(C)[nH]c2n1. The van der Waals surface area contributed by atoms with Crippen molar-refractivity contribution in [2.75, 3.05) is 5.32 Å². The highest BCUT2D eigenvalue weighted by molar-refractivity contribution is 5.90. The molecule has 0 amide bonds. The normalized spacial score (nSPS) is 16.1. The summed E-state index contributed by atoms with van der Waals surface area (Å²) in [6.07, 6.45) is 6.76. The van der Waals surface area contributed by atoms with Crippen LogP contribution in [-0.4, -0.2) is 21.0 Å². The minimum absolute atomic E-state index is 0.297. The Balaban J connectivity index is 2.16. The van der Waals surface area contributed by atoms with Gasteiger partial charge in [-0.15, -0.1) is 0 Å². The molecule has 2 heterocycles. The van der Waals surface area contributed by atoms with Gasteiger partial charge in [-0.25, -0.2) is 14.4 Å². The van der Waals surface area contributed by atoms with Gasteiger partial charge < -0.3 is 10.3 Å². The smallest absolute Gasteiger partial charge is 0.166 e. The van der Waals surface area contributed by atoms with Gasteiger partial charge in [-0.2, -0.15) is 0 Å². The Labute approximate surface area is 128 Å². The van der Waals surface area contributed by atoms with Crippen LogP contribution in [0.3, 0.4) is 0 Å². The molecule has 0 aliphatic heterocycles.